The number of hydrogen-bond acceptors (Lipinski definition) is 4. The average molecular weight is 929 g/mol. The molecule has 1 fully saturated rings. The third-order valence-electron chi connectivity index (χ3n) is 8.94. The summed E-state index contributed by atoms with van der Waals surface area (Å²) in [5, 5.41) is 2.49. The summed E-state index contributed by atoms with van der Waals surface area (Å²) in [6.45, 7) is 3.48. The number of hydrogen-bond donors (Lipinski definition) is 0. The minimum atomic E-state index is -0.761. The van der Waals surface area contributed by atoms with Crippen LogP contribution in [0.25, 0.3) is 25.1 Å². The van der Waals surface area contributed by atoms with Crippen molar-refractivity contribution in [2.24, 2.45) is 0 Å². The maximum Gasteiger partial charge on any atom is 0.328 e. The molecule has 254 valence electrons. The van der Waals surface area contributed by atoms with E-state index in [0.29, 0.717) is 11.7 Å². The van der Waals surface area contributed by atoms with Gasteiger partial charge in [-0.25, -0.2) is 4.39 Å². The number of ether oxygens (including phenoxy) is 2. The largest absolute Gasteiger partial charge is 0.426 e. The molecule has 7 rings (SSSR count). The topological polar surface area (TPSA) is 52.6 Å². The minimum Gasteiger partial charge on any atom is -0.426 e. The molecule has 0 radical (unpaired) electrons. The third kappa shape index (κ3) is 7.33. The molecule has 2 heterocycles. The second kappa shape index (κ2) is 14.9. The van der Waals surface area contributed by atoms with Crippen molar-refractivity contribution in [1.82, 2.24) is 0 Å². The predicted octanol–water partition coefficient (Wildman–Crippen LogP) is 11.6. The fourth-order valence-electron chi connectivity index (χ4n) is 6.48. The normalized spacial score (nSPS) is 17.4. The van der Waals surface area contributed by atoms with Gasteiger partial charge in [0.15, 0.2) is 30.8 Å². The molecule has 1 saturated heterocycles. The number of benzene rings is 5. The standard InChI is InChI=1S/C41H35FI2O4S2/c1-41(2,44)40(46)48-34-22-21-30(24-33(34)42)50-35-15-7-6-13-32(35)37-31(14-8-16-36(37)50)27-12-9-23-49(25-27)29-19-17-28(18-20-29)47-39(45)38(43)26-10-4-3-5-11-26/h3-8,10-11,13-22,24,27,38H,9,12,23,25H2,1-2H3/q+2. The Kier molecular flexibility index (Phi) is 10.6. The SMILES string of the molecule is CC(C)(I)C(=O)Oc1ccc(-[s+]2c3ccccc3c3c(C4CCC[S+](c5ccc(OC(=O)C(I)c6ccccc6)cc5)C4)cccc32)cc1F. The monoisotopic (exact) mass is 928 g/mol. The van der Waals surface area contributed by atoms with E-state index in [0.717, 1.165) is 34.8 Å². The quantitative estimate of drug-likeness (QED) is 0.0502. The summed E-state index contributed by atoms with van der Waals surface area (Å²) in [6, 6.07) is 37.9. The molecule has 0 amide bonds. The first-order chi connectivity index (χ1) is 24.1. The zero-order valence-electron chi connectivity index (χ0n) is 27.5. The van der Waals surface area contributed by atoms with Gasteiger partial charge in [0.05, 0.1) is 5.39 Å². The van der Waals surface area contributed by atoms with Crippen LogP contribution in [0.3, 0.4) is 0 Å². The van der Waals surface area contributed by atoms with Gasteiger partial charge in [-0.15, -0.1) is 0 Å². The first-order valence-electron chi connectivity index (χ1n) is 16.4. The summed E-state index contributed by atoms with van der Waals surface area (Å²) in [6.07, 6.45) is 2.25. The molecule has 4 unspecified atom stereocenters. The Balaban J connectivity index is 1.15. The zero-order valence-corrected chi connectivity index (χ0v) is 33.5. The van der Waals surface area contributed by atoms with Crippen molar-refractivity contribution < 1.29 is 23.5 Å². The van der Waals surface area contributed by atoms with Crippen LogP contribution in [-0.2, 0) is 20.5 Å². The molecule has 0 saturated carbocycles. The highest BCUT2D eigenvalue weighted by atomic mass is 127. The van der Waals surface area contributed by atoms with Crippen LogP contribution >= 0.6 is 55.7 Å². The number of carbonyl (C=O) groups excluding carboxylic acids is 2. The molecule has 0 aliphatic carbocycles. The molecular weight excluding hydrogens is 893 g/mol. The van der Waals surface area contributed by atoms with Gasteiger partial charge in [-0.3, -0.25) is 9.59 Å². The van der Waals surface area contributed by atoms with Crippen LogP contribution in [0.4, 0.5) is 4.39 Å². The number of alkyl halides is 2. The van der Waals surface area contributed by atoms with Crippen molar-refractivity contribution in [2.75, 3.05) is 11.5 Å². The minimum absolute atomic E-state index is 0.0460. The van der Waals surface area contributed by atoms with Gasteiger partial charge in [0.2, 0.25) is 0 Å². The van der Waals surface area contributed by atoms with E-state index in [1.54, 1.807) is 19.9 Å². The fourth-order valence-corrected chi connectivity index (χ4v) is 12.0. The molecule has 4 atom stereocenters. The van der Waals surface area contributed by atoms with Crippen LogP contribution in [-0.4, -0.2) is 26.9 Å². The Bertz CT molecular complexity index is 2200. The van der Waals surface area contributed by atoms with Crippen LogP contribution < -0.4 is 9.47 Å². The number of thiophene rings is 1. The van der Waals surface area contributed by atoms with Gasteiger partial charge in [-0.05, 0) is 86.3 Å². The number of carbonyl (C=O) groups is 2. The second-order valence-corrected chi connectivity index (χ2v) is 20.9. The zero-order chi connectivity index (χ0) is 35.0. The van der Waals surface area contributed by atoms with E-state index in [-0.39, 0.29) is 26.5 Å². The van der Waals surface area contributed by atoms with E-state index in [4.69, 9.17) is 9.47 Å². The van der Waals surface area contributed by atoms with E-state index < -0.39 is 25.7 Å². The molecule has 0 N–H and O–H groups in total. The molecule has 50 heavy (non-hydrogen) atoms. The molecular formula is C41H35FI2O4S2+2. The van der Waals surface area contributed by atoms with Gasteiger partial charge in [-0.2, -0.15) is 0 Å². The molecule has 9 heteroatoms. The van der Waals surface area contributed by atoms with E-state index in [1.165, 1.54) is 36.7 Å². The summed E-state index contributed by atoms with van der Waals surface area (Å²) < 4.78 is 27.9. The molecule has 1 aromatic heterocycles. The highest BCUT2D eigenvalue weighted by Crippen LogP contribution is 2.51. The van der Waals surface area contributed by atoms with E-state index in [2.05, 4.69) is 77.2 Å². The Morgan fingerprint density at radius 2 is 1.54 bits per heavy atom. The maximum absolute atomic E-state index is 15.5. The molecule has 0 bridgehead atoms. The van der Waals surface area contributed by atoms with Crippen molar-refractivity contribution in [3.05, 3.63) is 132 Å². The van der Waals surface area contributed by atoms with Gasteiger partial charge in [0.25, 0.3) is 0 Å². The van der Waals surface area contributed by atoms with Gasteiger partial charge in [-0.1, -0.05) is 99.8 Å². The van der Waals surface area contributed by atoms with Crippen molar-refractivity contribution in [3.8, 4) is 16.4 Å². The maximum atomic E-state index is 15.5. The highest BCUT2D eigenvalue weighted by molar-refractivity contribution is 14.1. The number of fused-ring (bicyclic) bond motifs is 3. The van der Waals surface area contributed by atoms with Gasteiger partial charge in [0.1, 0.15) is 24.6 Å². The van der Waals surface area contributed by atoms with Crippen molar-refractivity contribution in [1.29, 1.82) is 0 Å². The second-order valence-electron chi connectivity index (χ2n) is 12.8. The van der Waals surface area contributed by atoms with Crippen LogP contribution in [0.15, 0.2) is 120 Å². The third-order valence-corrected chi connectivity index (χ3v) is 15.4. The predicted molar refractivity (Wildman–Crippen MR) is 222 cm³/mol. The van der Waals surface area contributed by atoms with Crippen molar-refractivity contribution >= 4 is 98.7 Å². The summed E-state index contributed by atoms with van der Waals surface area (Å²) >= 11 is 4.13. The highest BCUT2D eigenvalue weighted by Gasteiger charge is 2.36. The van der Waals surface area contributed by atoms with Gasteiger partial charge >= 0.3 is 11.9 Å². The Labute approximate surface area is 324 Å². The average Bonchev–Trinajstić information content (AvgIpc) is 3.47. The van der Waals surface area contributed by atoms with Crippen LogP contribution in [0.5, 0.6) is 11.5 Å². The Morgan fingerprint density at radius 1 is 0.840 bits per heavy atom. The summed E-state index contributed by atoms with van der Waals surface area (Å²) in [4.78, 5) is 27.4. The van der Waals surface area contributed by atoms with E-state index in [9.17, 15) is 9.59 Å². The van der Waals surface area contributed by atoms with Gasteiger partial charge < -0.3 is 9.47 Å². The number of rotatable bonds is 8. The summed E-state index contributed by atoms with van der Waals surface area (Å²) in [5.41, 5.74) is 2.28. The van der Waals surface area contributed by atoms with Gasteiger partial charge in [0, 0.05) is 44.8 Å². The Hall–Kier alpha value is -3.00. The Morgan fingerprint density at radius 3 is 2.28 bits per heavy atom. The van der Waals surface area contributed by atoms with Crippen molar-refractivity contribution in [3.63, 3.8) is 0 Å². The first-order valence-corrected chi connectivity index (χ1v) is 21.6. The molecule has 4 nitrogen and oxygen atoms in total. The number of esters is 2. The smallest absolute Gasteiger partial charge is 0.328 e. The number of halogens is 3. The summed E-state index contributed by atoms with van der Waals surface area (Å²) in [5.74, 6) is 1.81. The lowest BCUT2D eigenvalue weighted by atomic mass is 9.92. The van der Waals surface area contributed by atoms with Crippen LogP contribution in [0.1, 0.15) is 47.7 Å². The molecule has 1 aliphatic heterocycles. The van der Waals surface area contributed by atoms with Crippen molar-refractivity contribution in [2.45, 2.75) is 44.8 Å². The van der Waals surface area contributed by atoms with Crippen LogP contribution in [0.2, 0.25) is 0 Å². The lowest BCUT2D eigenvalue weighted by Gasteiger charge is -2.23. The summed E-state index contributed by atoms with van der Waals surface area (Å²) in [7, 11) is -0.439. The lowest BCUT2D eigenvalue weighted by molar-refractivity contribution is -0.136. The van der Waals surface area contributed by atoms with Crippen LogP contribution in [0, 0.1) is 5.82 Å². The molecule has 1 aliphatic rings. The molecule has 5 aromatic carbocycles. The van der Waals surface area contributed by atoms with E-state index >= 15 is 4.39 Å². The molecule has 6 aromatic rings. The fraction of sp³-hybridized carbons (Fsp3) is 0.220. The first kappa shape index (κ1) is 35.4. The molecule has 0 spiro atoms. The lowest BCUT2D eigenvalue weighted by Crippen LogP contribution is -2.29. The van der Waals surface area contributed by atoms with E-state index in [1.807, 2.05) is 71.1 Å².